The van der Waals surface area contributed by atoms with Crippen LogP contribution in [0.1, 0.15) is 21.7 Å². The van der Waals surface area contributed by atoms with Crippen LogP contribution in [0.4, 0.5) is 5.13 Å². The molecule has 0 saturated heterocycles. The van der Waals surface area contributed by atoms with E-state index in [4.69, 9.17) is 15.2 Å². The van der Waals surface area contributed by atoms with Crippen molar-refractivity contribution in [2.45, 2.75) is 13.0 Å². The molecular formula is C17H16N4O4S2. The molecule has 10 heteroatoms. The van der Waals surface area contributed by atoms with Crippen molar-refractivity contribution in [1.82, 2.24) is 9.97 Å². The Bertz CT molecular complexity index is 940. The van der Waals surface area contributed by atoms with Crippen LogP contribution in [0, 0.1) is 0 Å². The number of nitrogens with two attached hydrogens (primary N) is 1. The molecule has 2 amide bonds. The zero-order valence-corrected chi connectivity index (χ0v) is 15.9. The fourth-order valence-corrected chi connectivity index (χ4v) is 3.43. The largest absolute Gasteiger partial charge is 0.493 e. The first kappa shape index (κ1) is 18.8. The van der Waals surface area contributed by atoms with Crippen LogP contribution in [0.5, 0.6) is 11.5 Å². The molecule has 0 radical (unpaired) electrons. The summed E-state index contributed by atoms with van der Waals surface area (Å²) in [5.41, 5.74) is 8.60. The molecule has 0 aliphatic heterocycles. The summed E-state index contributed by atoms with van der Waals surface area (Å²) in [5, 5.41) is 6.65. The molecule has 2 aromatic heterocycles. The van der Waals surface area contributed by atoms with E-state index in [9.17, 15) is 9.59 Å². The number of ether oxygens (including phenoxy) is 2. The number of benzene rings is 1. The van der Waals surface area contributed by atoms with E-state index in [-0.39, 0.29) is 12.3 Å². The van der Waals surface area contributed by atoms with Crippen LogP contribution in [-0.2, 0) is 17.8 Å². The minimum atomic E-state index is -0.476. The smallest absolute Gasteiger partial charge is 0.257 e. The number of aromatic nitrogens is 2. The standard InChI is InChI=1S/C17H16N4O4S2/c1-24-14-4-10(2-3-13(14)25-6-12-7-26-9-19-12)16(23)21-17-20-11(8-27-17)5-15(18)22/h2-4,7-9H,5-6H2,1H3,(H2,18,22)(H,20,21,23). The molecule has 0 fully saturated rings. The van der Waals surface area contributed by atoms with Crippen molar-refractivity contribution in [3.63, 3.8) is 0 Å². The molecule has 0 unspecified atom stereocenters. The number of amides is 2. The van der Waals surface area contributed by atoms with Gasteiger partial charge >= 0.3 is 0 Å². The molecule has 0 bridgehead atoms. The van der Waals surface area contributed by atoms with E-state index in [0.717, 1.165) is 5.69 Å². The van der Waals surface area contributed by atoms with Crippen LogP contribution >= 0.6 is 22.7 Å². The molecule has 2 heterocycles. The van der Waals surface area contributed by atoms with Gasteiger partial charge in [0, 0.05) is 16.3 Å². The van der Waals surface area contributed by atoms with E-state index in [2.05, 4.69) is 15.3 Å². The Morgan fingerprint density at radius 3 is 2.78 bits per heavy atom. The lowest BCUT2D eigenvalue weighted by Gasteiger charge is -2.11. The van der Waals surface area contributed by atoms with Gasteiger partial charge in [-0.05, 0) is 18.2 Å². The van der Waals surface area contributed by atoms with Crippen LogP contribution in [-0.4, -0.2) is 28.9 Å². The molecule has 140 valence electrons. The first-order valence-corrected chi connectivity index (χ1v) is 9.59. The Labute approximate surface area is 163 Å². The second kappa shape index (κ2) is 8.60. The number of carbonyl (C=O) groups is 2. The molecule has 0 aliphatic rings. The summed E-state index contributed by atoms with van der Waals surface area (Å²) in [7, 11) is 1.50. The van der Waals surface area contributed by atoms with Gasteiger partial charge in [0.05, 0.1) is 30.4 Å². The van der Waals surface area contributed by atoms with Gasteiger partial charge in [0.25, 0.3) is 5.91 Å². The summed E-state index contributed by atoms with van der Waals surface area (Å²) in [4.78, 5) is 31.7. The van der Waals surface area contributed by atoms with Crippen molar-refractivity contribution in [2.75, 3.05) is 12.4 Å². The minimum absolute atomic E-state index is 0.0330. The quantitative estimate of drug-likeness (QED) is 0.596. The van der Waals surface area contributed by atoms with Crippen LogP contribution in [0.25, 0.3) is 0 Å². The topological polar surface area (TPSA) is 116 Å². The highest BCUT2D eigenvalue weighted by Gasteiger charge is 2.14. The van der Waals surface area contributed by atoms with Crippen molar-refractivity contribution >= 4 is 39.6 Å². The maximum atomic E-state index is 12.4. The lowest BCUT2D eigenvalue weighted by atomic mass is 10.2. The molecule has 3 N–H and O–H groups in total. The SMILES string of the molecule is COc1cc(C(=O)Nc2nc(CC(N)=O)cs2)ccc1OCc1cscn1. The van der Waals surface area contributed by atoms with Crippen molar-refractivity contribution in [3.05, 3.63) is 51.4 Å². The molecule has 1 aromatic carbocycles. The Morgan fingerprint density at radius 2 is 2.07 bits per heavy atom. The Hall–Kier alpha value is -2.98. The van der Waals surface area contributed by atoms with Gasteiger partial charge in [-0.1, -0.05) is 0 Å². The highest BCUT2D eigenvalue weighted by Crippen LogP contribution is 2.29. The predicted octanol–water partition coefficient (Wildman–Crippen LogP) is 2.47. The van der Waals surface area contributed by atoms with Gasteiger partial charge in [0.2, 0.25) is 5.91 Å². The lowest BCUT2D eigenvalue weighted by Crippen LogP contribution is -2.14. The van der Waals surface area contributed by atoms with E-state index in [1.807, 2.05) is 5.38 Å². The number of anilines is 1. The van der Waals surface area contributed by atoms with Gasteiger partial charge in [-0.15, -0.1) is 22.7 Å². The van der Waals surface area contributed by atoms with Crippen molar-refractivity contribution < 1.29 is 19.1 Å². The Balaban J connectivity index is 1.67. The number of nitrogens with zero attached hydrogens (tertiary/aromatic N) is 2. The average Bonchev–Trinajstić information content (AvgIpc) is 3.31. The molecule has 27 heavy (non-hydrogen) atoms. The maximum Gasteiger partial charge on any atom is 0.257 e. The van der Waals surface area contributed by atoms with Crippen LogP contribution in [0.2, 0.25) is 0 Å². The van der Waals surface area contributed by atoms with E-state index < -0.39 is 5.91 Å². The zero-order chi connectivity index (χ0) is 19.2. The van der Waals surface area contributed by atoms with Crippen LogP contribution < -0.4 is 20.5 Å². The number of primary amides is 1. The summed E-state index contributed by atoms with van der Waals surface area (Å²) in [6.07, 6.45) is 0.0330. The van der Waals surface area contributed by atoms with E-state index in [1.54, 1.807) is 29.1 Å². The third-order valence-corrected chi connectivity index (χ3v) is 4.85. The first-order chi connectivity index (χ1) is 13.0. The molecule has 0 aliphatic carbocycles. The Kier molecular flexibility index (Phi) is 5.99. The molecule has 3 aromatic rings. The lowest BCUT2D eigenvalue weighted by molar-refractivity contribution is -0.117. The number of rotatable bonds is 8. The maximum absolute atomic E-state index is 12.4. The normalized spacial score (nSPS) is 10.4. The highest BCUT2D eigenvalue weighted by atomic mass is 32.1. The minimum Gasteiger partial charge on any atom is -0.493 e. The first-order valence-electron chi connectivity index (χ1n) is 7.77. The summed E-state index contributed by atoms with van der Waals surface area (Å²) in [6.45, 7) is 0.313. The zero-order valence-electron chi connectivity index (χ0n) is 14.3. The third kappa shape index (κ3) is 5.02. The van der Waals surface area contributed by atoms with E-state index in [1.165, 1.54) is 29.8 Å². The molecule has 3 rings (SSSR count). The molecule has 0 atom stereocenters. The van der Waals surface area contributed by atoms with Crippen molar-refractivity contribution in [1.29, 1.82) is 0 Å². The molecule has 0 saturated carbocycles. The van der Waals surface area contributed by atoms with Gasteiger partial charge in [-0.3, -0.25) is 14.9 Å². The molecule has 8 nitrogen and oxygen atoms in total. The number of thiazole rings is 2. The molecule has 0 spiro atoms. The average molecular weight is 404 g/mol. The second-order valence-corrected chi connectivity index (χ2v) is 6.95. The summed E-state index contributed by atoms with van der Waals surface area (Å²) < 4.78 is 11.0. The fraction of sp³-hybridized carbons (Fsp3) is 0.176. The third-order valence-electron chi connectivity index (χ3n) is 3.41. The Morgan fingerprint density at radius 1 is 1.22 bits per heavy atom. The van der Waals surface area contributed by atoms with Gasteiger partial charge < -0.3 is 15.2 Å². The van der Waals surface area contributed by atoms with Crippen molar-refractivity contribution in [3.8, 4) is 11.5 Å². The number of nitrogens with one attached hydrogen (secondary N) is 1. The van der Waals surface area contributed by atoms with Crippen LogP contribution in [0.15, 0.2) is 34.5 Å². The number of hydrogen-bond acceptors (Lipinski definition) is 8. The summed E-state index contributed by atoms with van der Waals surface area (Å²) in [5.74, 6) is 0.127. The molecular weight excluding hydrogens is 388 g/mol. The van der Waals surface area contributed by atoms with E-state index in [0.29, 0.717) is 34.5 Å². The van der Waals surface area contributed by atoms with Gasteiger partial charge in [0.1, 0.15) is 6.61 Å². The van der Waals surface area contributed by atoms with E-state index >= 15 is 0 Å². The van der Waals surface area contributed by atoms with Crippen molar-refractivity contribution in [2.24, 2.45) is 5.73 Å². The number of hydrogen-bond donors (Lipinski definition) is 2. The predicted molar refractivity (Wildman–Crippen MR) is 102 cm³/mol. The van der Waals surface area contributed by atoms with Gasteiger partial charge in [-0.25, -0.2) is 9.97 Å². The summed E-state index contributed by atoms with van der Waals surface area (Å²) in [6, 6.07) is 4.89. The van der Waals surface area contributed by atoms with Gasteiger partial charge in [-0.2, -0.15) is 0 Å². The number of methoxy groups -OCH3 is 1. The second-order valence-electron chi connectivity index (χ2n) is 5.38. The van der Waals surface area contributed by atoms with Crippen LogP contribution in [0.3, 0.4) is 0 Å². The fourth-order valence-electron chi connectivity index (χ4n) is 2.18. The monoisotopic (exact) mass is 404 g/mol. The number of carbonyl (C=O) groups excluding carboxylic acids is 2. The highest BCUT2D eigenvalue weighted by molar-refractivity contribution is 7.14. The summed E-state index contributed by atoms with van der Waals surface area (Å²) >= 11 is 2.71. The van der Waals surface area contributed by atoms with Gasteiger partial charge in [0.15, 0.2) is 16.6 Å².